The maximum Gasteiger partial charge on any atom is 0.250 e. The average Bonchev–Trinajstić information content (AvgIpc) is 2.52. The van der Waals surface area contributed by atoms with Gasteiger partial charge in [0.1, 0.15) is 5.76 Å². The molecule has 0 N–H and O–H groups in total. The highest BCUT2D eigenvalue weighted by Crippen LogP contribution is 2.36. The van der Waals surface area contributed by atoms with Crippen molar-refractivity contribution in [3.63, 3.8) is 0 Å². The summed E-state index contributed by atoms with van der Waals surface area (Å²) in [7, 11) is -1.49. The van der Waals surface area contributed by atoms with Gasteiger partial charge in [0, 0.05) is 0 Å². The maximum atomic E-state index is 6.50. The Kier molecular flexibility index (Phi) is 4.42. The molecule has 0 bridgehead atoms. The zero-order chi connectivity index (χ0) is 12.3. The molecule has 0 aromatic heterocycles. The Balaban J connectivity index is 2.92. The molecule has 1 rings (SSSR count). The summed E-state index contributed by atoms with van der Waals surface area (Å²) >= 11 is 0. The molecule has 1 aliphatic rings. The topological polar surface area (TPSA) is 9.23 Å². The van der Waals surface area contributed by atoms with Gasteiger partial charge in [0.05, 0.1) is 0 Å². The van der Waals surface area contributed by atoms with Crippen LogP contribution in [0.1, 0.15) is 48.0 Å². The largest absolute Gasteiger partial charge is 0.543 e. The van der Waals surface area contributed by atoms with Crippen LogP contribution in [0.4, 0.5) is 0 Å². The standard InChI is InChI=1S/C14H26OSi/c1-7-16(8-2,9-3)15-14-12(5)10-11(4)13(14)6/h7-10H2,1-6H3. The van der Waals surface area contributed by atoms with Gasteiger partial charge < -0.3 is 4.43 Å². The highest BCUT2D eigenvalue weighted by atomic mass is 28.4. The third-order valence-electron chi connectivity index (χ3n) is 4.15. The fraction of sp³-hybridized carbons (Fsp3) is 0.714. The fourth-order valence-electron chi connectivity index (χ4n) is 2.47. The molecule has 0 saturated carbocycles. The lowest BCUT2D eigenvalue weighted by atomic mass is 10.2. The van der Waals surface area contributed by atoms with E-state index < -0.39 is 8.32 Å². The summed E-state index contributed by atoms with van der Waals surface area (Å²) in [6.45, 7) is 13.5. The Morgan fingerprint density at radius 2 is 1.44 bits per heavy atom. The van der Waals surface area contributed by atoms with Crippen molar-refractivity contribution in [3.8, 4) is 0 Å². The minimum atomic E-state index is -1.49. The van der Waals surface area contributed by atoms with Crippen LogP contribution in [0.3, 0.4) is 0 Å². The summed E-state index contributed by atoms with van der Waals surface area (Å²) in [4.78, 5) is 0. The Morgan fingerprint density at radius 1 is 0.938 bits per heavy atom. The average molecular weight is 238 g/mol. The van der Waals surface area contributed by atoms with Gasteiger partial charge in [-0.05, 0) is 56.5 Å². The van der Waals surface area contributed by atoms with Crippen LogP contribution >= 0.6 is 0 Å². The first-order chi connectivity index (χ1) is 7.49. The minimum absolute atomic E-state index is 1.11. The van der Waals surface area contributed by atoms with Crippen LogP contribution in [0.5, 0.6) is 0 Å². The van der Waals surface area contributed by atoms with E-state index in [4.69, 9.17) is 4.43 Å². The summed E-state index contributed by atoms with van der Waals surface area (Å²) in [5.41, 5.74) is 4.31. The minimum Gasteiger partial charge on any atom is -0.543 e. The number of hydrogen-bond acceptors (Lipinski definition) is 1. The predicted molar refractivity (Wildman–Crippen MR) is 74.0 cm³/mol. The second-order valence-corrected chi connectivity index (χ2v) is 9.73. The van der Waals surface area contributed by atoms with Gasteiger partial charge in [0.2, 0.25) is 8.32 Å². The van der Waals surface area contributed by atoms with Crippen LogP contribution in [-0.2, 0) is 4.43 Å². The van der Waals surface area contributed by atoms with E-state index in [9.17, 15) is 0 Å². The van der Waals surface area contributed by atoms with Gasteiger partial charge >= 0.3 is 0 Å². The molecule has 0 amide bonds. The molecule has 0 saturated heterocycles. The Bertz CT molecular complexity index is 313. The van der Waals surface area contributed by atoms with E-state index in [-0.39, 0.29) is 0 Å². The molecule has 16 heavy (non-hydrogen) atoms. The number of rotatable bonds is 5. The Labute approximate surface area is 102 Å². The van der Waals surface area contributed by atoms with Crippen molar-refractivity contribution in [1.82, 2.24) is 0 Å². The summed E-state index contributed by atoms with van der Waals surface area (Å²) in [5.74, 6) is 1.23. The van der Waals surface area contributed by atoms with Crippen LogP contribution in [0.25, 0.3) is 0 Å². The molecule has 0 aromatic rings. The van der Waals surface area contributed by atoms with Gasteiger partial charge in [0.15, 0.2) is 0 Å². The highest BCUT2D eigenvalue weighted by molar-refractivity contribution is 6.73. The van der Waals surface area contributed by atoms with Crippen molar-refractivity contribution in [2.75, 3.05) is 0 Å². The molecule has 1 aliphatic carbocycles. The monoisotopic (exact) mass is 238 g/mol. The Morgan fingerprint density at radius 3 is 1.75 bits per heavy atom. The number of allylic oxidation sites excluding steroid dienone is 3. The van der Waals surface area contributed by atoms with Gasteiger partial charge in [-0.25, -0.2) is 0 Å². The van der Waals surface area contributed by atoms with Crippen LogP contribution in [0.2, 0.25) is 18.1 Å². The molecule has 0 fully saturated rings. The molecular formula is C14H26OSi. The highest BCUT2D eigenvalue weighted by Gasteiger charge is 2.33. The first-order valence-corrected chi connectivity index (χ1v) is 9.08. The van der Waals surface area contributed by atoms with E-state index in [0.29, 0.717) is 0 Å². The molecule has 0 radical (unpaired) electrons. The fourth-order valence-corrected chi connectivity index (χ4v) is 5.16. The zero-order valence-electron chi connectivity index (χ0n) is 11.7. The van der Waals surface area contributed by atoms with Crippen LogP contribution < -0.4 is 0 Å². The second-order valence-electron chi connectivity index (χ2n) is 5.04. The van der Waals surface area contributed by atoms with Crippen LogP contribution in [-0.4, -0.2) is 8.32 Å². The van der Waals surface area contributed by atoms with Gasteiger partial charge in [-0.15, -0.1) is 0 Å². The second kappa shape index (κ2) is 5.22. The molecule has 0 spiro atoms. The molecule has 0 heterocycles. The lowest BCUT2D eigenvalue weighted by molar-refractivity contribution is 0.411. The van der Waals surface area contributed by atoms with E-state index in [0.717, 1.165) is 6.42 Å². The molecule has 1 nitrogen and oxygen atoms in total. The third-order valence-corrected chi connectivity index (χ3v) is 8.65. The summed E-state index contributed by atoms with van der Waals surface area (Å²) in [5, 5.41) is 0. The van der Waals surface area contributed by atoms with E-state index in [1.54, 1.807) is 0 Å². The smallest absolute Gasteiger partial charge is 0.250 e. The molecule has 2 heteroatoms. The van der Waals surface area contributed by atoms with Crippen molar-refractivity contribution in [3.05, 3.63) is 22.5 Å². The first-order valence-electron chi connectivity index (χ1n) is 6.55. The van der Waals surface area contributed by atoms with Crippen molar-refractivity contribution in [2.45, 2.75) is 66.1 Å². The predicted octanol–water partition coefficient (Wildman–Crippen LogP) is 5.02. The van der Waals surface area contributed by atoms with Gasteiger partial charge in [-0.3, -0.25) is 0 Å². The van der Waals surface area contributed by atoms with Crippen molar-refractivity contribution in [2.24, 2.45) is 0 Å². The normalized spacial score (nSPS) is 17.4. The lowest BCUT2D eigenvalue weighted by Crippen LogP contribution is -2.35. The van der Waals surface area contributed by atoms with Gasteiger partial charge in [-0.1, -0.05) is 26.3 Å². The summed E-state index contributed by atoms with van der Waals surface area (Å²) < 4.78 is 6.50. The number of hydrogen-bond donors (Lipinski definition) is 0. The molecule has 0 aromatic carbocycles. The SMILES string of the molecule is CC[Si](CC)(CC)OC1=C(C)CC(C)=C1C. The summed E-state index contributed by atoms with van der Waals surface area (Å²) in [6, 6.07) is 3.68. The summed E-state index contributed by atoms with van der Waals surface area (Å²) in [6.07, 6.45) is 1.11. The molecule has 0 aliphatic heterocycles. The quantitative estimate of drug-likeness (QED) is 0.611. The lowest BCUT2D eigenvalue weighted by Gasteiger charge is -2.30. The Hall–Kier alpha value is -0.503. The molecule has 0 atom stereocenters. The van der Waals surface area contributed by atoms with Crippen LogP contribution in [0, 0.1) is 0 Å². The van der Waals surface area contributed by atoms with E-state index in [1.165, 1.54) is 40.6 Å². The molecule has 0 unspecified atom stereocenters. The van der Waals surface area contributed by atoms with Crippen molar-refractivity contribution in [1.29, 1.82) is 0 Å². The molecule has 92 valence electrons. The van der Waals surface area contributed by atoms with Gasteiger partial charge in [0.25, 0.3) is 0 Å². The molecular weight excluding hydrogens is 212 g/mol. The van der Waals surface area contributed by atoms with Crippen molar-refractivity contribution < 1.29 is 4.43 Å². The van der Waals surface area contributed by atoms with Crippen molar-refractivity contribution >= 4 is 8.32 Å². The maximum absolute atomic E-state index is 6.50. The van der Waals surface area contributed by atoms with E-state index >= 15 is 0 Å². The van der Waals surface area contributed by atoms with Gasteiger partial charge in [-0.2, -0.15) is 0 Å². The van der Waals surface area contributed by atoms with E-state index in [2.05, 4.69) is 41.5 Å². The zero-order valence-corrected chi connectivity index (χ0v) is 12.7. The third kappa shape index (κ3) is 2.42. The van der Waals surface area contributed by atoms with Crippen LogP contribution in [0.15, 0.2) is 22.5 Å². The first kappa shape index (κ1) is 13.6. The van der Waals surface area contributed by atoms with E-state index in [1.807, 2.05) is 0 Å².